The molecule has 2 atom stereocenters. The first-order valence-corrected chi connectivity index (χ1v) is 6.85. The molecule has 18 heavy (non-hydrogen) atoms. The molecular weight excluding hydrogens is 224 g/mol. The Hall–Kier alpha value is -1.09. The molecule has 1 heterocycles. The van der Waals surface area contributed by atoms with Crippen molar-refractivity contribution in [3.8, 4) is 5.75 Å². The van der Waals surface area contributed by atoms with Gasteiger partial charge in [-0.3, -0.25) is 4.98 Å². The van der Waals surface area contributed by atoms with Crippen LogP contribution in [0.2, 0.25) is 0 Å². The van der Waals surface area contributed by atoms with E-state index in [-0.39, 0.29) is 0 Å². The molecule has 0 amide bonds. The molecular formula is C15H26N2O. The van der Waals surface area contributed by atoms with Crippen LogP contribution in [0.25, 0.3) is 0 Å². The Morgan fingerprint density at radius 3 is 2.56 bits per heavy atom. The van der Waals surface area contributed by atoms with E-state index in [1.165, 1.54) is 5.56 Å². The van der Waals surface area contributed by atoms with Gasteiger partial charge in [-0.2, -0.15) is 0 Å². The van der Waals surface area contributed by atoms with Crippen LogP contribution in [-0.4, -0.2) is 24.2 Å². The molecule has 3 heteroatoms. The van der Waals surface area contributed by atoms with E-state index in [1.54, 1.807) is 6.20 Å². The van der Waals surface area contributed by atoms with Crippen LogP contribution in [0.5, 0.6) is 5.75 Å². The van der Waals surface area contributed by atoms with Gasteiger partial charge in [0.05, 0.1) is 12.8 Å². The highest BCUT2D eigenvalue weighted by Crippen LogP contribution is 2.25. The van der Waals surface area contributed by atoms with Crippen LogP contribution < -0.4 is 10.1 Å². The maximum atomic E-state index is 5.50. The summed E-state index contributed by atoms with van der Waals surface area (Å²) < 4.78 is 5.50. The summed E-state index contributed by atoms with van der Waals surface area (Å²) in [5.74, 6) is 1.92. The van der Waals surface area contributed by atoms with Gasteiger partial charge >= 0.3 is 0 Å². The van der Waals surface area contributed by atoms with E-state index in [2.05, 4.69) is 44.1 Å². The predicted octanol–water partition coefficient (Wildman–Crippen LogP) is 3.22. The smallest absolute Gasteiger partial charge is 0.137 e. The van der Waals surface area contributed by atoms with Crippen LogP contribution in [0.3, 0.4) is 0 Å². The minimum absolute atomic E-state index is 0.476. The van der Waals surface area contributed by atoms with Crippen molar-refractivity contribution >= 4 is 0 Å². The lowest BCUT2D eigenvalue weighted by Crippen LogP contribution is -2.29. The molecule has 0 aliphatic heterocycles. The third-order valence-corrected chi connectivity index (χ3v) is 3.27. The summed E-state index contributed by atoms with van der Waals surface area (Å²) in [5.41, 5.74) is 1.25. The number of hydrogen-bond acceptors (Lipinski definition) is 3. The average Bonchev–Trinajstić information content (AvgIpc) is 2.35. The molecule has 1 rings (SSSR count). The fraction of sp³-hybridized carbons (Fsp3) is 0.667. The monoisotopic (exact) mass is 250 g/mol. The van der Waals surface area contributed by atoms with Gasteiger partial charge < -0.3 is 10.1 Å². The van der Waals surface area contributed by atoms with Crippen molar-refractivity contribution in [3.05, 3.63) is 24.0 Å². The van der Waals surface area contributed by atoms with E-state index in [9.17, 15) is 0 Å². The van der Waals surface area contributed by atoms with Crippen molar-refractivity contribution < 1.29 is 4.74 Å². The molecule has 102 valence electrons. The fourth-order valence-electron chi connectivity index (χ4n) is 1.86. The average molecular weight is 250 g/mol. The second-order valence-corrected chi connectivity index (χ2v) is 5.22. The molecule has 0 saturated heterocycles. The van der Waals surface area contributed by atoms with Crippen LogP contribution in [0.4, 0.5) is 0 Å². The fourth-order valence-corrected chi connectivity index (χ4v) is 1.86. The normalized spacial score (nSPS) is 14.6. The minimum Gasteiger partial charge on any atom is -0.492 e. The van der Waals surface area contributed by atoms with Gasteiger partial charge in [-0.15, -0.1) is 0 Å². The van der Waals surface area contributed by atoms with Crippen molar-refractivity contribution in [3.63, 3.8) is 0 Å². The summed E-state index contributed by atoms with van der Waals surface area (Å²) in [5, 5.41) is 3.48. The summed E-state index contributed by atoms with van der Waals surface area (Å²) in [7, 11) is 0. The van der Waals surface area contributed by atoms with Gasteiger partial charge in [0.25, 0.3) is 0 Å². The van der Waals surface area contributed by atoms with Crippen molar-refractivity contribution in [1.82, 2.24) is 10.3 Å². The van der Waals surface area contributed by atoms with Gasteiger partial charge in [-0.1, -0.05) is 27.7 Å². The third kappa shape index (κ3) is 4.65. The predicted molar refractivity (Wildman–Crippen MR) is 76.1 cm³/mol. The Morgan fingerprint density at radius 2 is 1.94 bits per heavy atom. The van der Waals surface area contributed by atoms with Gasteiger partial charge in [0, 0.05) is 12.2 Å². The highest BCUT2D eigenvalue weighted by Gasteiger charge is 2.15. The molecule has 0 aliphatic carbocycles. The summed E-state index contributed by atoms with van der Waals surface area (Å²) in [6.45, 7) is 12.6. The Balaban J connectivity index is 2.64. The minimum atomic E-state index is 0.476. The zero-order valence-corrected chi connectivity index (χ0v) is 12.2. The number of nitrogens with zero attached hydrogens (tertiary/aromatic N) is 1. The number of hydrogen-bond donors (Lipinski definition) is 1. The second kappa shape index (κ2) is 7.37. The van der Waals surface area contributed by atoms with Crippen LogP contribution in [-0.2, 0) is 0 Å². The zero-order valence-electron chi connectivity index (χ0n) is 12.2. The molecule has 0 fully saturated rings. The van der Waals surface area contributed by atoms with E-state index >= 15 is 0 Å². The molecule has 2 unspecified atom stereocenters. The van der Waals surface area contributed by atoms with Crippen molar-refractivity contribution in [2.45, 2.75) is 46.6 Å². The first-order valence-electron chi connectivity index (χ1n) is 6.85. The summed E-state index contributed by atoms with van der Waals surface area (Å²) in [6.07, 6.45) is 3.72. The van der Waals surface area contributed by atoms with Gasteiger partial charge in [0.1, 0.15) is 5.75 Å². The molecule has 0 bridgehead atoms. The quantitative estimate of drug-likeness (QED) is 0.807. The summed E-state index contributed by atoms with van der Waals surface area (Å²) in [6, 6.07) is 2.64. The van der Waals surface area contributed by atoms with E-state index in [0.29, 0.717) is 24.5 Å². The lowest BCUT2D eigenvalue weighted by Gasteiger charge is -2.22. The van der Waals surface area contributed by atoms with Gasteiger partial charge in [-0.05, 0) is 36.9 Å². The second-order valence-electron chi connectivity index (χ2n) is 5.22. The number of aromatic nitrogens is 1. The first-order chi connectivity index (χ1) is 8.54. The van der Waals surface area contributed by atoms with Crippen molar-refractivity contribution in [2.24, 2.45) is 5.92 Å². The van der Waals surface area contributed by atoms with Gasteiger partial charge in [0.15, 0.2) is 0 Å². The summed E-state index contributed by atoms with van der Waals surface area (Å²) >= 11 is 0. The third-order valence-electron chi connectivity index (χ3n) is 3.27. The highest BCUT2D eigenvalue weighted by atomic mass is 16.5. The Bertz CT molecular complexity index is 352. The number of ether oxygens (including phenoxy) is 1. The van der Waals surface area contributed by atoms with Gasteiger partial charge in [0.2, 0.25) is 0 Å². The van der Waals surface area contributed by atoms with E-state index < -0.39 is 0 Å². The SMILES string of the molecule is CCOc1cncc(C(C)C(C)CNC(C)C)c1. The molecule has 1 aromatic rings. The Labute approximate surface area is 111 Å². The van der Waals surface area contributed by atoms with Crippen LogP contribution in [0.1, 0.15) is 46.1 Å². The van der Waals surface area contributed by atoms with Crippen molar-refractivity contribution in [1.29, 1.82) is 0 Å². The summed E-state index contributed by atoms with van der Waals surface area (Å²) in [4.78, 5) is 4.26. The number of pyridine rings is 1. The number of nitrogens with one attached hydrogen (secondary N) is 1. The van der Waals surface area contributed by atoms with Crippen LogP contribution >= 0.6 is 0 Å². The topological polar surface area (TPSA) is 34.1 Å². The number of rotatable bonds is 7. The molecule has 1 N–H and O–H groups in total. The van der Waals surface area contributed by atoms with E-state index in [0.717, 1.165) is 12.3 Å². The molecule has 0 aromatic carbocycles. The standard InChI is InChI=1S/C15H26N2O/c1-6-18-15-7-14(9-16-10-15)13(5)12(4)8-17-11(2)3/h7,9-13,17H,6,8H2,1-5H3. The molecule has 0 radical (unpaired) electrons. The first kappa shape index (κ1) is 15.0. The molecule has 1 aromatic heterocycles. The van der Waals surface area contributed by atoms with Crippen LogP contribution in [0, 0.1) is 5.92 Å². The molecule has 0 saturated carbocycles. The molecule has 0 spiro atoms. The zero-order chi connectivity index (χ0) is 13.5. The maximum absolute atomic E-state index is 5.50. The lowest BCUT2D eigenvalue weighted by molar-refractivity contribution is 0.337. The molecule has 0 aliphatic rings. The van der Waals surface area contributed by atoms with Crippen LogP contribution in [0.15, 0.2) is 18.5 Å². The van der Waals surface area contributed by atoms with E-state index in [1.807, 2.05) is 13.1 Å². The highest BCUT2D eigenvalue weighted by molar-refractivity contribution is 5.26. The van der Waals surface area contributed by atoms with Crippen molar-refractivity contribution in [2.75, 3.05) is 13.2 Å². The maximum Gasteiger partial charge on any atom is 0.137 e. The van der Waals surface area contributed by atoms with E-state index in [4.69, 9.17) is 4.74 Å². The Kier molecular flexibility index (Phi) is 6.13. The lowest BCUT2D eigenvalue weighted by atomic mass is 9.89. The van der Waals surface area contributed by atoms with Gasteiger partial charge in [-0.25, -0.2) is 0 Å². The Morgan fingerprint density at radius 1 is 1.22 bits per heavy atom. The largest absolute Gasteiger partial charge is 0.492 e. The molecule has 3 nitrogen and oxygen atoms in total.